The molecule has 10 heteroatoms. The number of pyridine rings is 1. The van der Waals surface area contributed by atoms with E-state index in [1.165, 1.54) is 4.90 Å². The lowest BCUT2D eigenvalue weighted by Gasteiger charge is -2.41. The van der Waals surface area contributed by atoms with Crippen LogP contribution in [0.2, 0.25) is 0 Å². The number of likely N-dealkylation sites (tertiary alicyclic amines) is 1. The molecule has 3 aromatic rings. The molecule has 256 valence electrons. The Balaban J connectivity index is 1.39. The Bertz CT molecular complexity index is 1530. The summed E-state index contributed by atoms with van der Waals surface area (Å²) in [6.45, 7) is 8.58. The predicted octanol–water partition coefficient (Wildman–Crippen LogP) is 6.16. The number of fused-ring (bicyclic) bond motifs is 2. The van der Waals surface area contributed by atoms with Gasteiger partial charge in [-0.2, -0.15) is 0 Å². The molecule has 2 aromatic carbocycles. The Morgan fingerprint density at radius 1 is 0.958 bits per heavy atom. The van der Waals surface area contributed by atoms with E-state index in [1.807, 2.05) is 55.5 Å². The lowest BCUT2D eigenvalue weighted by atomic mass is 9.69. The largest absolute Gasteiger partial charge is 0.457 e. The van der Waals surface area contributed by atoms with E-state index in [1.54, 1.807) is 40.3 Å². The van der Waals surface area contributed by atoms with E-state index < -0.39 is 28.9 Å². The topological polar surface area (TPSA) is 119 Å². The molecule has 2 N–H and O–H groups in total. The zero-order valence-corrected chi connectivity index (χ0v) is 28.7. The predicted molar refractivity (Wildman–Crippen MR) is 183 cm³/mol. The van der Waals surface area contributed by atoms with Crippen molar-refractivity contribution in [3.05, 3.63) is 89.7 Å². The maximum atomic E-state index is 14.2. The van der Waals surface area contributed by atoms with Crippen molar-refractivity contribution >= 4 is 17.9 Å². The van der Waals surface area contributed by atoms with E-state index >= 15 is 0 Å². The molecular formula is C38H48N4O6. The van der Waals surface area contributed by atoms with Crippen LogP contribution >= 0.6 is 0 Å². The highest BCUT2D eigenvalue weighted by molar-refractivity contribution is 5.84. The standard InChI is InChI=1S/C38H48N4O6/c1-26(27-13-12-19-39-22-27)41-35(44)29-21-28(23-42(24-29)36(45)48-37(2,3)4)34(43)40-25-38(18-10-11-20-46-5)30-14-6-8-16-32(30)47-33-17-9-7-15-31(33)38/h6-9,12-17,19,22,26,28-29H,10-11,18,20-21,23-25H2,1-5H3,(H,40,43)(H,41,44)/t26?,28-,29+/m0/s1. The van der Waals surface area contributed by atoms with Gasteiger partial charge < -0.3 is 29.7 Å². The number of rotatable bonds is 11. The van der Waals surface area contributed by atoms with Crippen LogP contribution in [-0.2, 0) is 24.5 Å². The summed E-state index contributed by atoms with van der Waals surface area (Å²) in [5, 5.41) is 6.34. The van der Waals surface area contributed by atoms with Crippen molar-refractivity contribution in [1.29, 1.82) is 0 Å². The van der Waals surface area contributed by atoms with Crippen molar-refractivity contribution in [1.82, 2.24) is 20.5 Å². The van der Waals surface area contributed by atoms with Gasteiger partial charge in [-0.05, 0) is 77.1 Å². The number of nitrogens with one attached hydrogen (secondary N) is 2. The number of aromatic nitrogens is 1. The van der Waals surface area contributed by atoms with Gasteiger partial charge in [-0.3, -0.25) is 14.6 Å². The molecule has 10 nitrogen and oxygen atoms in total. The number of nitrogens with zero attached hydrogens (tertiary/aromatic N) is 2. The van der Waals surface area contributed by atoms with Crippen molar-refractivity contribution in [3.8, 4) is 11.5 Å². The second-order valence-corrected chi connectivity index (χ2v) is 13.9. The molecule has 5 rings (SSSR count). The van der Waals surface area contributed by atoms with Crippen LogP contribution in [-0.4, -0.2) is 66.7 Å². The molecule has 48 heavy (non-hydrogen) atoms. The average molecular weight is 657 g/mol. The summed E-state index contributed by atoms with van der Waals surface area (Å²) in [6.07, 6.45) is 5.67. The van der Waals surface area contributed by atoms with E-state index in [4.69, 9.17) is 14.2 Å². The van der Waals surface area contributed by atoms with Crippen LogP contribution < -0.4 is 15.4 Å². The highest BCUT2D eigenvalue weighted by Crippen LogP contribution is 2.50. The third-order valence-electron chi connectivity index (χ3n) is 9.18. The monoisotopic (exact) mass is 656 g/mol. The zero-order valence-electron chi connectivity index (χ0n) is 28.7. The number of amides is 3. The third kappa shape index (κ3) is 8.16. The van der Waals surface area contributed by atoms with Crippen LogP contribution in [0.1, 0.15) is 76.1 Å². The van der Waals surface area contributed by atoms with Crippen LogP contribution in [0.5, 0.6) is 11.5 Å². The number of carbonyl (C=O) groups is 3. The van der Waals surface area contributed by atoms with Crippen molar-refractivity contribution < 1.29 is 28.6 Å². The lowest BCUT2D eigenvalue weighted by Crippen LogP contribution is -2.54. The summed E-state index contributed by atoms with van der Waals surface area (Å²) >= 11 is 0. The highest BCUT2D eigenvalue weighted by atomic mass is 16.6. The molecule has 0 radical (unpaired) electrons. The summed E-state index contributed by atoms with van der Waals surface area (Å²) in [5.74, 6) is -0.116. The van der Waals surface area contributed by atoms with Gasteiger partial charge in [-0.15, -0.1) is 0 Å². The van der Waals surface area contributed by atoms with Gasteiger partial charge in [0.05, 0.1) is 17.9 Å². The number of para-hydroxylation sites is 2. The molecule has 3 heterocycles. The van der Waals surface area contributed by atoms with Gasteiger partial charge in [0.15, 0.2) is 0 Å². The van der Waals surface area contributed by atoms with E-state index in [9.17, 15) is 14.4 Å². The van der Waals surface area contributed by atoms with E-state index in [2.05, 4.69) is 27.8 Å². The smallest absolute Gasteiger partial charge is 0.410 e. The van der Waals surface area contributed by atoms with Gasteiger partial charge in [0.1, 0.15) is 17.1 Å². The van der Waals surface area contributed by atoms with Crippen LogP contribution in [0.4, 0.5) is 4.79 Å². The number of methoxy groups -OCH3 is 1. The minimum Gasteiger partial charge on any atom is -0.457 e. The van der Waals surface area contributed by atoms with Crippen molar-refractivity contribution in [3.63, 3.8) is 0 Å². The number of ether oxygens (including phenoxy) is 3. The highest BCUT2D eigenvalue weighted by Gasteiger charge is 2.44. The van der Waals surface area contributed by atoms with Gasteiger partial charge in [-0.25, -0.2) is 4.79 Å². The Morgan fingerprint density at radius 2 is 1.60 bits per heavy atom. The molecule has 2 aliphatic heterocycles. The molecule has 0 saturated carbocycles. The Labute approximate surface area is 283 Å². The number of piperidine rings is 1. The van der Waals surface area contributed by atoms with Crippen LogP contribution in [0.15, 0.2) is 73.1 Å². The van der Waals surface area contributed by atoms with Gasteiger partial charge in [0.25, 0.3) is 0 Å². The molecule has 2 aliphatic rings. The summed E-state index contributed by atoms with van der Waals surface area (Å²) in [4.78, 5) is 46.8. The molecule has 3 atom stereocenters. The van der Waals surface area contributed by atoms with Crippen molar-refractivity contribution in [2.24, 2.45) is 11.8 Å². The summed E-state index contributed by atoms with van der Waals surface area (Å²) in [5.41, 5.74) is 1.62. The molecule has 1 fully saturated rings. The maximum absolute atomic E-state index is 14.2. The molecule has 3 amide bonds. The van der Waals surface area contributed by atoms with Gasteiger partial charge in [-0.1, -0.05) is 42.5 Å². The summed E-state index contributed by atoms with van der Waals surface area (Å²) in [7, 11) is 1.70. The minimum absolute atomic E-state index is 0.153. The van der Waals surface area contributed by atoms with E-state index in [0.29, 0.717) is 19.6 Å². The number of unbranched alkanes of at least 4 members (excludes halogenated alkanes) is 1. The zero-order chi connectivity index (χ0) is 34.3. The number of hydrogen-bond donors (Lipinski definition) is 2. The molecule has 1 saturated heterocycles. The first kappa shape index (κ1) is 34.9. The molecule has 0 aliphatic carbocycles. The Hall–Kier alpha value is -4.44. The van der Waals surface area contributed by atoms with Crippen molar-refractivity contribution in [2.45, 2.75) is 70.4 Å². The van der Waals surface area contributed by atoms with Crippen molar-refractivity contribution in [2.75, 3.05) is 33.4 Å². The van der Waals surface area contributed by atoms with Gasteiger partial charge in [0, 0.05) is 62.3 Å². The van der Waals surface area contributed by atoms with E-state index in [-0.39, 0.29) is 30.9 Å². The normalized spacial score (nSPS) is 18.8. The fourth-order valence-electron chi connectivity index (χ4n) is 6.77. The molecule has 1 aromatic heterocycles. The van der Waals surface area contributed by atoms with Gasteiger partial charge in [0.2, 0.25) is 11.8 Å². The first-order chi connectivity index (χ1) is 23.0. The second-order valence-electron chi connectivity index (χ2n) is 13.9. The number of benzene rings is 2. The first-order valence-electron chi connectivity index (χ1n) is 16.8. The molecule has 0 bridgehead atoms. The Kier molecular flexibility index (Phi) is 11.0. The second kappa shape index (κ2) is 15.2. The molecule has 1 unspecified atom stereocenters. The molecule has 0 spiro atoms. The van der Waals surface area contributed by atoms with Gasteiger partial charge >= 0.3 is 6.09 Å². The van der Waals surface area contributed by atoms with Crippen LogP contribution in [0.3, 0.4) is 0 Å². The fourth-order valence-corrected chi connectivity index (χ4v) is 6.77. The average Bonchev–Trinajstić information content (AvgIpc) is 3.08. The quantitative estimate of drug-likeness (QED) is 0.238. The third-order valence-corrected chi connectivity index (χ3v) is 9.18. The molecular weight excluding hydrogens is 608 g/mol. The number of hydrogen-bond acceptors (Lipinski definition) is 7. The first-order valence-corrected chi connectivity index (χ1v) is 16.8. The SMILES string of the molecule is COCCCCC1(CNC(=O)[C@H]2C[C@@H](C(=O)NC(C)c3cccnc3)CN(C(=O)OC(C)(C)C)C2)c2ccccc2Oc2ccccc21. The summed E-state index contributed by atoms with van der Waals surface area (Å²) in [6, 6.07) is 19.4. The lowest BCUT2D eigenvalue weighted by molar-refractivity contribution is -0.132. The fraction of sp³-hybridized carbons (Fsp3) is 0.474. The van der Waals surface area contributed by atoms with Crippen LogP contribution in [0, 0.1) is 11.8 Å². The Morgan fingerprint density at radius 3 is 2.21 bits per heavy atom. The summed E-state index contributed by atoms with van der Waals surface area (Å²) < 4.78 is 17.4. The number of carbonyl (C=O) groups excluding carboxylic acids is 3. The van der Waals surface area contributed by atoms with Crippen LogP contribution in [0.25, 0.3) is 0 Å². The van der Waals surface area contributed by atoms with E-state index in [0.717, 1.165) is 47.5 Å². The minimum atomic E-state index is -0.724. The maximum Gasteiger partial charge on any atom is 0.410 e.